The lowest BCUT2D eigenvalue weighted by Crippen LogP contribution is -2.00. The van der Waals surface area contributed by atoms with E-state index in [1.807, 2.05) is 6.07 Å². The first-order valence-corrected chi connectivity index (χ1v) is 10.7. The highest BCUT2D eigenvalue weighted by molar-refractivity contribution is 7.90. The molecule has 0 aromatic heterocycles. The zero-order valence-corrected chi connectivity index (χ0v) is 17.7. The minimum atomic E-state index is -3.77. The highest BCUT2D eigenvalue weighted by atomic mass is 35.5. The molecule has 0 saturated carbocycles. The number of ether oxygens (including phenoxy) is 2. The molecule has 0 unspecified atom stereocenters. The quantitative estimate of drug-likeness (QED) is 0.453. The van der Waals surface area contributed by atoms with Crippen molar-refractivity contribution in [2.45, 2.75) is 11.5 Å². The summed E-state index contributed by atoms with van der Waals surface area (Å²) in [6.07, 6.45) is 1.27. The molecule has 0 aliphatic rings. The molecule has 0 saturated heterocycles. The van der Waals surface area contributed by atoms with Crippen LogP contribution < -0.4 is 9.47 Å². The van der Waals surface area contributed by atoms with Crippen LogP contribution in [-0.4, -0.2) is 21.7 Å². The molecule has 0 aliphatic heterocycles. The first-order chi connectivity index (χ1) is 13.9. The molecule has 0 N–H and O–H groups in total. The summed E-state index contributed by atoms with van der Waals surface area (Å²) < 4.78 is 39.4. The fourth-order valence-corrected chi connectivity index (χ4v) is 3.66. The van der Waals surface area contributed by atoms with Gasteiger partial charge in [-0.1, -0.05) is 47.5 Å². The molecule has 150 valence electrons. The average Bonchev–Trinajstić information content (AvgIpc) is 2.74. The van der Waals surface area contributed by atoms with Gasteiger partial charge in [0.1, 0.15) is 6.61 Å². The normalized spacial score (nSPS) is 11.6. The number of rotatable bonds is 7. The zero-order chi connectivity index (χ0) is 20.9. The van der Waals surface area contributed by atoms with E-state index in [2.05, 4.69) is 4.40 Å². The molecule has 0 heterocycles. The Hall–Kier alpha value is -2.54. The van der Waals surface area contributed by atoms with E-state index in [4.69, 9.17) is 32.7 Å². The van der Waals surface area contributed by atoms with E-state index >= 15 is 0 Å². The van der Waals surface area contributed by atoms with E-state index in [-0.39, 0.29) is 11.5 Å². The van der Waals surface area contributed by atoms with E-state index in [0.29, 0.717) is 27.1 Å². The van der Waals surface area contributed by atoms with Crippen molar-refractivity contribution in [3.63, 3.8) is 0 Å². The van der Waals surface area contributed by atoms with Crippen LogP contribution >= 0.6 is 23.2 Å². The van der Waals surface area contributed by atoms with Crippen LogP contribution in [0.5, 0.6) is 11.5 Å². The molecular weight excluding hydrogens is 433 g/mol. The molecule has 0 amide bonds. The Bertz CT molecular complexity index is 1130. The van der Waals surface area contributed by atoms with Crippen LogP contribution in [0.15, 0.2) is 76.0 Å². The molecule has 0 fully saturated rings. The molecule has 29 heavy (non-hydrogen) atoms. The summed E-state index contributed by atoms with van der Waals surface area (Å²) in [5, 5.41) is 0.924. The SMILES string of the molecule is COc1cc(/C=N\S(=O)(=O)c2ccccc2)ccc1OCc1ccc(Cl)c(Cl)c1. The molecule has 0 aliphatic carbocycles. The van der Waals surface area contributed by atoms with Gasteiger partial charge in [0.2, 0.25) is 0 Å². The van der Waals surface area contributed by atoms with Gasteiger partial charge in [0, 0.05) is 6.21 Å². The van der Waals surface area contributed by atoms with Crippen molar-refractivity contribution in [3.8, 4) is 11.5 Å². The van der Waals surface area contributed by atoms with Crippen molar-refractivity contribution in [1.82, 2.24) is 0 Å². The Morgan fingerprint density at radius 1 is 0.931 bits per heavy atom. The maximum absolute atomic E-state index is 12.3. The number of benzene rings is 3. The summed E-state index contributed by atoms with van der Waals surface area (Å²) in [4.78, 5) is 0.129. The van der Waals surface area contributed by atoms with Gasteiger partial charge in [-0.25, -0.2) is 0 Å². The van der Waals surface area contributed by atoms with Gasteiger partial charge in [0.25, 0.3) is 10.0 Å². The van der Waals surface area contributed by atoms with Crippen molar-refractivity contribution in [2.24, 2.45) is 4.40 Å². The standard InChI is InChI=1S/C21H17Cl2NO4S/c1-27-21-12-15(13-24-29(25,26)17-5-3-2-4-6-17)8-10-20(21)28-14-16-7-9-18(22)19(23)11-16/h2-13H,14H2,1H3/b24-13-. The summed E-state index contributed by atoms with van der Waals surface area (Å²) in [5.74, 6) is 0.952. The van der Waals surface area contributed by atoms with Gasteiger partial charge in [-0.2, -0.15) is 12.8 Å². The van der Waals surface area contributed by atoms with Crippen LogP contribution in [0.25, 0.3) is 0 Å². The molecular formula is C21H17Cl2NO4S. The summed E-state index contributed by atoms with van der Waals surface area (Å²) in [6, 6.07) is 18.3. The van der Waals surface area contributed by atoms with Crippen molar-refractivity contribution in [3.05, 3.63) is 87.9 Å². The van der Waals surface area contributed by atoms with E-state index in [1.54, 1.807) is 48.5 Å². The monoisotopic (exact) mass is 449 g/mol. The van der Waals surface area contributed by atoms with Gasteiger partial charge in [-0.05, 0) is 53.6 Å². The number of methoxy groups -OCH3 is 1. The highest BCUT2D eigenvalue weighted by Gasteiger charge is 2.11. The number of halogens is 2. The molecule has 0 radical (unpaired) electrons. The number of sulfonamides is 1. The third kappa shape index (κ3) is 5.50. The Kier molecular flexibility index (Phi) is 6.79. The van der Waals surface area contributed by atoms with Gasteiger partial charge >= 0.3 is 0 Å². The van der Waals surface area contributed by atoms with Gasteiger partial charge in [0.05, 0.1) is 22.1 Å². The minimum absolute atomic E-state index is 0.129. The van der Waals surface area contributed by atoms with Gasteiger partial charge in [-0.3, -0.25) is 0 Å². The van der Waals surface area contributed by atoms with E-state index in [9.17, 15) is 8.42 Å². The van der Waals surface area contributed by atoms with Crippen LogP contribution in [0.2, 0.25) is 10.0 Å². The Morgan fingerprint density at radius 2 is 1.69 bits per heavy atom. The van der Waals surface area contributed by atoms with Gasteiger partial charge < -0.3 is 9.47 Å². The van der Waals surface area contributed by atoms with Crippen LogP contribution in [0.4, 0.5) is 0 Å². The molecule has 3 aromatic rings. The molecule has 3 rings (SSSR count). The number of nitrogens with zero attached hydrogens (tertiary/aromatic N) is 1. The third-order valence-corrected chi connectivity index (χ3v) is 5.94. The van der Waals surface area contributed by atoms with Crippen molar-refractivity contribution < 1.29 is 17.9 Å². The lowest BCUT2D eigenvalue weighted by Gasteiger charge is -2.11. The molecule has 0 bridgehead atoms. The predicted octanol–water partition coefficient (Wildman–Crippen LogP) is 5.39. The van der Waals surface area contributed by atoms with Crippen LogP contribution in [0.3, 0.4) is 0 Å². The van der Waals surface area contributed by atoms with Crippen molar-refractivity contribution >= 4 is 39.4 Å². The minimum Gasteiger partial charge on any atom is -0.493 e. The smallest absolute Gasteiger partial charge is 0.282 e. The summed E-state index contributed by atoms with van der Waals surface area (Å²) in [6.45, 7) is 0.267. The summed E-state index contributed by atoms with van der Waals surface area (Å²) >= 11 is 11.9. The zero-order valence-electron chi connectivity index (χ0n) is 15.4. The summed E-state index contributed by atoms with van der Waals surface area (Å²) in [7, 11) is -2.26. The Labute approximate surface area is 179 Å². The maximum atomic E-state index is 12.3. The van der Waals surface area contributed by atoms with Crippen molar-refractivity contribution in [2.75, 3.05) is 7.11 Å². The topological polar surface area (TPSA) is 65.0 Å². The first kappa shape index (κ1) is 21.2. The Morgan fingerprint density at radius 3 is 2.38 bits per heavy atom. The second-order valence-corrected chi connectivity index (χ2v) is 8.42. The van der Waals surface area contributed by atoms with Crippen LogP contribution in [-0.2, 0) is 16.6 Å². The lowest BCUT2D eigenvalue weighted by atomic mass is 10.2. The number of hydrogen-bond acceptors (Lipinski definition) is 4. The maximum Gasteiger partial charge on any atom is 0.282 e. The average molecular weight is 450 g/mol. The van der Waals surface area contributed by atoms with E-state index in [1.165, 1.54) is 25.5 Å². The third-order valence-electron chi connectivity index (χ3n) is 3.95. The molecule has 0 atom stereocenters. The predicted molar refractivity (Wildman–Crippen MR) is 115 cm³/mol. The van der Waals surface area contributed by atoms with Gasteiger partial charge in [0.15, 0.2) is 11.5 Å². The first-order valence-electron chi connectivity index (χ1n) is 8.49. The second-order valence-electron chi connectivity index (χ2n) is 5.97. The van der Waals surface area contributed by atoms with Crippen LogP contribution in [0.1, 0.15) is 11.1 Å². The second kappa shape index (κ2) is 9.31. The van der Waals surface area contributed by atoms with Gasteiger partial charge in [-0.15, -0.1) is 0 Å². The largest absolute Gasteiger partial charge is 0.493 e. The lowest BCUT2D eigenvalue weighted by molar-refractivity contribution is 0.284. The van der Waals surface area contributed by atoms with Crippen molar-refractivity contribution in [1.29, 1.82) is 0 Å². The Balaban J connectivity index is 1.75. The molecule has 3 aromatic carbocycles. The summed E-state index contributed by atoms with van der Waals surface area (Å²) in [5.41, 5.74) is 1.41. The fourth-order valence-electron chi connectivity index (χ4n) is 2.46. The van der Waals surface area contributed by atoms with E-state index in [0.717, 1.165) is 5.56 Å². The number of hydrogen-bond donors (Lipinski definition) is 0. The fraction of sp³-hybridized carbons (Fsp3) is 0.0952. The van der Waals surface area contributed by atoms with E-state index < -0.39 is 10.0 Å². The highest BCUT2D eigenvalue weighted by Crippen LogP contribution is 2.29. The molecule has 8 heteroatoms. The van der Waals surface area contributed by atoms with Crippen LogP contribution in [0, 0.1) is 0 Å². The molecule has 0 spiro atoms. The molecule has 5 nitrogen and oxygen atoms in total.